The summed E-state index contributed by atoms with van der Waals surface area (Å²) < 4.78 is 28.2. The second kappa shape index (κ2) is 6.92. The molecule has 11 heteroatoms. The smallest absolute Gasteiger partial charge is 0.274 e. The molecule has 1 aromatic carbocycles. The van der Waals surface area contributed by atoms with Crippen LogP contribution < -0.4 is 16.8 Å². The van der Waals surface area contributed by atoms with Gasteiger partial charge in [-0.1, -0.05) is 23.4 Å². The van der Waals surface area contributed by atoms with E-state index in [0.717, 1.165) is 17.8 Å². The number of aliphatic imine (C=N–C) groups is 1. The van der Waals surface area contributed by atoms with Crippen molar-refractivity contribution in [3.05, 3.63) is 58.4 Å². The highest BCUT2D eigenvalue weighted by atomic mass is 35.5. The molecule has 1 saturated carbocycles. The first-order valence-corrected chi connectivity index (χ1v) is 10.0. The molecule has 1 aliphatic carbocycles. The van der Waals surface area contributed by atoms with E-state index in [1.165, 1.54) is 24.4 Å². The number of hydrogen-bond donors (Lipinski definition) is 3. The number of primary amides is 1. The molecule has 156 valence electrons. The second-order valence-electron chi connectivity index (χ2n) is 7.35. The molecule has 0 saturated heterocycles. The molecule has 0 spiro atoms. The molecule has 2 aliphatic rings. The lowest BCUT2D eigenvalue weighted by Crippen LogP contribution is -2.42. The highest BCUT2D eigenvalue weighted by Gasteiger charge is 2.70. The number of nitrogens with one attached hydrogen (secondary N) is 1. The van der Waals surface area contributed by atoms with Gasteiger partial charge in [0.05, 0.1) is 10.6 Å². The molecule has 1 fully saturated rings. The van der Waals surface area contributed by atoms with Gasteiger partial charge in [0.25, 0.3) is 5.91 Å². The number of hydrogen-bond acceptors (Lipinski definition) is 6. The molecule has 2 amide bonds. The molecule has 3 atom stereocenters. The van der Waals surface area contributed by atoms with Crippen LogP contribution >= 0.6 is 23.4 Å². The van der Waals surface area contributed by atoms with Crippen molar-refractivity contribution in [3.63, 3.8) is 0 Å². The van der Waals surface area contributed by atoms with E-state index < -0.39 is 39.7 Å². The molecular weight excluding hydrogens is 436 g/mol. The van der Waals surface area contributed by atoms with E-state index in [1.54, 1.807) is 6.92 Å². The number of aromatic nitrogens is 1. The van der Waals surface area contributed by atoms with E-state index in [-0.39, 0.29) is 22.1 Å². The topological polar surface area (TPSA) is 123 Å². The molecule has 5 N–H and O–H groups in total. The van der Waals surface area contributed by atoms with Gasteiger partial charge in [0.1, 0.15) is 10.4 Å². The summed E-state index contributed by atoms with van der Waals surface area (Å²) in [6.45, 7) is 1.57. The number of nitrogens with two attached hydrogens (primary N) is 2. The van der Waals surface area contributed by atoms with Crippen molar-refractivity contribution >= 4 is 46.0 Å². The van der Waals surface area contributed by atoms with Gasteiger partial charge in [-0.3, -0.25) is 14.6 Å². The third-order valence-electron chi connectivity index (χ3n) is 5.43. The summed E-state index contributed by atoms with van der Waals surface area (Å²) in [6.07, 6.45) is 1.63. The minimum Gasteiger partial charge on any atom is -0.378 e. The fourth-order valence-corrected chi connectivity index (χ4v) is 5.27. The van der Waals surface area contributed by atoms with Gasteiger partial charge in [-0.2, -0.15) is 0 Å². The Kier molecular flexibility index (Phi) is 4.74. The minimum absolute atomic E-state index is 0.00389. The second-order valence-corrected chi connectivity index (χ2v) is 9.13. The molecule has 2 heterocycles. The predicted octanol–water partition coefficient (Wildman–Crippen LogP) is 2.79. The van der Waals surface area contributed by atoms with Crippen LogP contribution in [-0.4, -0.2) is 26.7 Å². The average Bonchev–Trinajstić information content (AvgIpc) is 3.42. The van der Waals surface area contributed by atoms with Crippen molar-refractivity contribution in [2.75, 3.05) is 5.32 Å². The monoisotopic (exact) mass is 451 g/mol. The van der Waals surface area contributed by atoms with Crippen molar-refractivity contribution in [2.45, 2.75) is 23.6 Å². The number of anilines is 1. The highest BCUT2D eigenvalue weighted by Crippen LogP contribution is 2.65. The molecule has 0 unspecified atom stereocenters. The third-order valence-corrected chi connectivity index (χ3v) is 6.97. The van der Waals surface area contributed by atoms with E-state index in [0.29, 0.717) is 11.4 Å². The van der Waals surface area contributed by atoms with Crippen molar-refractivity contribution in [2.24, 2.45) is 22.4 Å². The van der Waals surface area contributed by atoms with Gasteiger partial charge in [0.2, 0.25) is 5.91 Å². The number of fused-ring (bicyclic) bond motifs is 1. The quantitative estimate of drug-likeness (QED) is 0.659. The number of amidine groups is 1. The van der Waals surface area contributed by atoms with Gasteiger partial charge in [-0.25, -0.2) is 13.8 Å². The fraction of sp³-hybridized carbons (Fsp3) is 0.263. The fourth-order valence-electron chi connectivity index (χ4n) is 3.83. The average molecular weight is 452 g/mol. The largest absolute Gasteiger partial charge is 0.378 e. The Morgan fingerprint density at radius 2 is 2.07 bits per heavy atom. The Labute approximate surface area is 179 Å². The van der Waals surface area contributed by atoms with Gasteiger partial charge in [-0.15, -0.1) is 0 Å². The standard InChI is InChI=1S/C19H16ClF2N5O2S/c1-18(13-6-19(13,16(23)29)30-17(24)27-18)10-4-9(5-11(21)14(10)22)26-15(28)12-3-2-8(20)7-25-12/h2-5,7,13H,6H2,1H3,(H2,23,29)(H2,24,27)(H,26,28)/t13-,18+,19-/m0/s1. The van der Waals surface area contributed by atoms with Gasteiger partial charge >= 0.3 is 0 Å². The molecule has 4 rings (SSSR count). The Hall–Kier alpha value is -2.72. The van der Waals surface area contributed by atoms with E-state index in [4.69, 9.17) is 23.1 Å². The zero-order valence-corrected chi connectivity index (χ0v) is 17.2. The lowest BCUT2D eigenvalue weighted by Gasteiger charge is -2.33. The van der Waals surface area contributed by atoms with Crippen LogP contribution in [0.15, 0.2) is 35.5 Å². The maximum atomic E-state index is 14.8. The maximum Gasteiger partial charge on any atom is 0.274 e. The summed E-state index contributed by atoms with van der Waals surface area (Å²) in [6, 6.07) is 5.02. The molecule has 30 heavy (non-hydrogen) atoms. The van der Waals surface area contributed by atoms with Gasteiger partial charge in [0.15, 0.2) is 16.8 Å². The van der Waals surface area contributed by atoms with Crippen molar-refractivity contribution in [3.8, 4) is 0 Å². The van der Waals surface area contributed by atoms with Crippen molar-refractivity contribution in [1.82, 2.24) is 4.98 Å². The number of halogens is 3. The SMILES string of the molecule is C[C@]1(c2cc(NC(=O)c3ccc(Cl)cn3)cc(F)c2F)N=C(N)S[C@@]2(C(N)=O)C[C@H]21. The van der Waals surface area contributed by atoms with Crippen molar-refractivity contribution < 1.29 is 18.4 Å². The molecule has 0 bridgehead atoms. The molecule has 7 nitrogen and oxygen atoms in total. The molecular formula is C19H16ClF2N5O2S. The van der Waals surface area contributed by atoms with Crippen LogP contribution in [-0.2, 0) is 10.3 Å². The Bertz CT molecular complexity index is 1110. The Morgan fingerprint density at radius 1 is 1.33 bits per heavy atom. The number of thioether (sulfide) groups is 1. The number of benzene rings is 1. The van der Waals surface area contributed by atoms with Crippen molar-refractivity contribution in [1.29, 1.82) is 0 Å². The van der Waals surface area contributed by atoms with E-state index in [1.807, 2.05) is 0 Å². The lowest BCUT2D eigenvalue weighted by molar-refractivity contribution is -0.118. The van der Waals surface area contributed by atoms with Crippen LogP contribution in [0.1, 0.15) is 29.4 Å². The summed E-state index contributed by atoms with van der Waals surface area (Å²) in [7, 11) is 0. The molecule has 2 aromatic rings. The van der Waals surface area contributed by atoms with E-state index in [2.05, 4.69) is 15.3 Å². The Balaban J connectivity index is 1.72. The maximum absolute atomic E-state index is 14.8. The first-order chi connectivity index (χ1) is 14.1. The van der Waals surface area contributed by atoms with Gasteiger partial charge < -0.3 is 16.8 Å². The Morgan fingerprint density at radius 3 is 2.70 bits per heavy atom. The number of rotatable bonds is 4. The summed E-state index contributed by atoms with van der Waals surface area (Å²) in [5, 5.41) is 2.90. The number of pyridine rings is 1. The number of nitrogens with zero attached hydrogens (tertiary/aromatic N) is 2. The van der Waals surface area contributed by atoms with Crippen LogP contribution in [0.3, 0.4) is 0 Å². The minimum atomic E-state index is -1.32. The van der Waals surface area contributed by atoms with Crippen LogP contribution in [0, 0.1) is 17.6 Å². The summed E-state index contributed by atoms with van der Waals surface area (Å²) >= 11 is 6.80. The summed E-state index contributed by atoms with van der Waals surface area (Å²) in [5.74, 6) is -3.98. The number of carbonyl (C=O) groups excluding carboxylic acids is 2. The first-order valence-electron chi connectivity index (χ1n) is 8.83. The van der Waals surface area contributed by atoms with Crippen LogP contribution in [0.25, 0.3) is 0 Å². The van der Waals surface area contributed by atoms with Crippen LogP contribution in [0.4, 0.5) is 14.5 Å². The van der Waals surface area contributed by atoms with Crippen LogP contribution in [0.5, 0.6) is 0 Å². The number of carbonyl (C=O) groups is 2. The normalized spacial score (nSPS) is 27.1. The molecule has 1 aromatic heterocycles. The van der Waals surface area contributed by atoms with Gasteiger partial charge in [-0.05, 0) is 31.5 Å². The first kappa shape index (κ1) is 20.5. The summed E-state index contributed by atoms with van der Waals surface area (Å²) in [5.41, 5.74) is 10.0. The summed E-state index contributed by atoms with van der Waals surface area (Å²) in [4.78, 5) is 32.6. The number of amides is 2. The lowest BCUT2D eigenvalue weighted by atomic mass is 9.85. The van der Waals surface area contributed by atoms with E-state index >= 15 is 0 Å². The zero-order valence-electron chi connectivity index (χ0n) is 15.6. The molecule has 0 radical (unpaired) electrons. The van der Waals surface area contributed by atoms with Gasteiger partial charge in [0, 0.05) is 29.4 Å². The van der Waals surface area contributed by atoms with E-state index in [9.17, 15) is 18.4 Å². The van der Waals surface area contributed by atoms with Crippen LogP contribution in [0.2, 0.25) is 5.02 Å². The highest BCUT2D eigenvalue weighted by molar-refractivity contribution is 8.15. The zero-order chi connectivity index (χ0) is 21.8. The molecule has 1 aliphatic heterocycles. The predicted molar refractivity (Wildman–Crippen MR) is 110 cm³/mol. The third kappa shape index (κ3) is 3.20.